The minimum atomic E-state index is 0.816. The first-order valence-electron chi connectivity index (χ1n) is 5.34. The fourth-order valence-electron chi connectivity index (χ4n) is 0.938. The molecule has 1 nitrogen and oxygen atoms in total. The quantitative estimate of drug-likeness (QED) is 0.451. The van der Waals surface area contributed by atoms with Gasteiger partial charge in [-0.1, -0.05) is 49.3 Å². The maximum Gasteiger partial charge on any atom is 0.0173 e. The lowest BCUT2D eigenvalue weighted by Gasteiger charge is -2.16. The fourth-order valence-corrected chi connectivity index (χ4v) is 5.07. The summed E-state index contributed by atoms with van der Waals surface area (Å²) in [6.07, 6.45) is 0. The molecule has 4 heteroatoms. The van der Waals surface area contributed by atoms with Crippen molar-refractivity contribution in [2.45, 2.75) is 27.7 Å². The maximum atomic E-state index is 2.47. The molecule has 0 radical (unpaired) electrons. The molecule has 0 spiro atoms. The van der Waals surface area contributed by atoms with Crippen molar-refractivity contribution in [3.05, 3.63) is 0 Å². The van der Waals surface area contributed by atoms with E-state index in [1.165, 1.54) is 31.1 Å². The van der Waals surface area contributed by atoms with Crippen LogP contribution in [0.5, 0.6) is 0 Å². The molecule has 0 rings (SSSR count). The third kappa shape index (κ3) is 9.56. The molecular weight excluding hydrogens is 230 g/mol. The summed E-state index contributed by atoms with van der Waals surface area (Å²) in [7, 11) is 5.93. The van der Waals surface area contributed by atoms with Gasteiger partial charge in [-0.05, 0) is 28.8 Å². The molecular formula is C10H23NS3. The van der Waals surface area contributed by atoms with Crippen molar-refractivity contribution < 1.29 is 0 Å². The molecule has 0 aromatic carbocycles. The Hall–Kier alpha value is 1.01. The minimum absolute atomic E-state index is 0.816. The van der Waals surface area contributed by atoms with Gasteiger partial charge in [0.25, 0.3) is 0 Å². The molecule has 0 aromatic heterocycles. The fraction of sp³-hybridized carbons (Fsp3) is 1.00. The van der Waals surface area contributed by atoms with Crippen molar-refractivity contribution in [2.75, 3.05) is 31.1 Å². The average molecular weight is 254 g/mol. The molecule has 0 aromatic rings. The Labute approximate surface area is 101 Å². The van der Waals surface area contributed by atoms with Crippen LogP contribution in [-0.2, 0) is 0 Å². The van der Waals surface area contributed by atoms with Crippen molar-refractivity contribution >= 4 is 31.4 Å². The van der Waals surface area contributed by atoms with E-state index >= 15 is 0 Å². The number of hydrogen-bond donors (Lipinski definition) is 0. The zero-order valence-corrected chi connectivity index (χ0v) is 12.2. The largest absolute Gasteiger partial charge is 0.303 e. The summed E-state index contributed by atoms with van der Waals surface area (Å²) in [6, 6.07) is 0. The van der Waals surface area contributed by atoms with E-state index in [-0.39, 0.29) is 0 Å². The van der Waals surface area contributed by atoms with Gasteiger partial charge in [0.05, 0.1) is 0 Å². The predicted octanol–water partition coefficient (Wildman–Crippen LogP) is 4.01. The third-order valence-corrected chi connectivity index (χ3v) is 6.44. The number of hydrogen-bond acceptors (Lipinski definition) is 4. The summed E-state index contributed by atoms with van der Waals surface area (Å²) < 4.78 is 0. The minimum Gasteiger partial charge on any atom is -0.303 e. The summed E-state index contributed by atoms with van der Waals surface area (Å²) in [4.78, 5) is 2.47. The maximum absolute atomic E-state index is 2.47. The van der Waals surface area contributed by atoms with E-state index in [1.54, 1.807) is 0 Å². The van der Waals surface area contributed by atoms with E-state index in [4.69, 9.17) is 0 Å². The molecule has 86 valence electrons. The molecule has 0 N–H and O–H groups in total. The van der Waals surface area contributed by atoms with Gasteiger partial charge in [0.2, 0.25) is 0 Å². The Morgan fingerprint density at radius 3 is 2.21 bits per heavy atom. The zero-order chi connectivity index (χ0) is 10.8. The lowest BCUT2D eigenvalue weighted by Crippen LogP contribution is -2.25. The normalized spacial score (nSPS) is 11.6. The number of rotatable bonds is 9. The summed E-state index contributed by atoms with van der Waals surface area (Å²) in [6.45, 7) is 12.6. The monoisotopic (exact) mass is 253 g/mol. The van der Waals surface area contributed by atoms with Gasteiger partial charge >= 0.3 is 0 Å². The van der Waals surface area contributed by atoms with Crippen LogP contribution in [0.3, 0.4) is 0 Å². The van der Waals surface area contributed by atoms with Crippen LogP contribution >= 0.6 is 31.4 Å². The second-order valence-electron chi connectivity index (χ2n) is 3.60. The molecule has 0 aliphatic rings. The first-order chi connectivity index (χ1) is 6.70. The van der Waals surface area contributed by atoms with Crippen LogP contribution in [0.15, 0.2) is 0 Å². The highest BCUT2D eigenvalue weighted by molar-refractivity contribution is 9.09. The standard InChI is InChI=1S/C10H23NS3/c1-5-11(6-2)7-8-12-14-13-9-10(3)4/h10H,5-9H2,1-4H3. The first-order valence-corrected chi connectivity index (χ1v) is 9.16. The van der Waals surface area contributed by atoms with Crippen molar-refractivity contribution in [3.8, 4) is 0 Å². The summed E-state index contributed by atoms with van der Waals surface area (Å²) in [5.74, 6) is 3.33. The molecule has 0 aliphatic carbocycles. The molecule has 0 amide bonds. The molecule has 0 heterocycles. The molecule has 0 aliphatic heterocycles. The molecule has 14 heavy (non-hydrogen) atoms. The Morgan fingerprint density at radius 1 is 1.07 bits per heavy atom. The van der Waals surface area contributed by atoms with Gasteiger partial charge in [0.1, 0.15) is 0 Å². The van der Waals surface area contributed by atoms with Gasteiger partial charge in [0, 0.05) is 18.1 Å². The van der Waals surface area contributed by atoms with Crippen molar-refractivity contribution in [2.24, 2.45) is 5.92 Å². The van der Waals surface area contributed by atoms with Crippen LogP contribution in [-0.4, -0.2) is 36.0 Å². The smallest absolute Gasteiger partial charge is 0.0173 e. The van der Waals surface area contributed by atoms with Gasteiger partial charge in [-0.2, -0.15) is 0 Å². The predicted molar refractivity (Wildman–Crippen MR) is 75.1 cm³/mol. The second-order valence-corrected chi connectivity index (χ2v) is 7.99. The Bertz CT molecular complexity index is 116. The van der Waals surface area contributed by atoms with Gasteiger partial charge < -0.3 is 4.90 Å². The molecule has 0 fully saturated rings. The van der Waals surface area contributed by atoms with E-state index in [0.29, 0.717) is 0 Å². The van der Waals surface area contributed by atoms with E-state index < -0.39 is 0 Å². The summed E-state index contributed by atoms with van der Waals surface area (Å²) in [5.41, 5.74) is 0. The van der Waals surface area contributed by atoms with Gasteiger partial charge in [-0.3, -0.25) is 0 Å². The Balaban J connectivity index is 3.12. The highest BCUT2D eigenvalue weighted by Crippen LogP contribution is 2.35. The molecule has 0 unspecified atom stereocenters. The number of nitrogens with zero attached hydrogens (tertiary/aromatic N) is 1. The van der Waals surface area contributed by atoms with Gasteiger partial charge in [-0.25, -0.2) is 0 Å². The van der Waals surface area contributed by atoms with E-state index in [9.17, 15) is 0 Å². The molecule has 0 saturated heterocycles. The summed E-state index contributed by atoms with van der Waals surface area (Å²) in [5, 5.41) is 0. The Kier molecular flexibility index (Phi) is 11.3. The molecule has 0 atom stereocenters. The molecule has 0 saturated carbocycles. The van der Waals surface area contributed by atoms with Crippen LogP contribution in [0.4, 0.5) is 0 Å². The van der Waals surface area contributed by atoms with Crippen LogP contribution in [0.2, 0.25) is 0 Å². The van der Waals surface area contributed by atoms with Gasteiger partial charge in [0.15, 0.2) is 0 Å². The molecule has 0 bridgehead atoms. The van der Waals surface area contributed by atoms with Crippen LogP contribution in [0.25, 0.3) is 0 Å². The van der Waals surface area contributed by atoms with E-state index in [2.05, 4.69) is 32.6 Å². The van der Waals surface area contributed by atoms with Crippen molar-refractivity contribution in [1.82, 2.24) is 4.90 Å². The average Bonchev–Trinajstić information content (AvgIpc) is 2.16. The SMILES string of the molecule is CCN(CC)CCSSSCC(C)C. The Morgan fingerprint density at radius 2 is 1.71 bits per heavy atom. The summed E-state index contributed by atoms with van der Waals surface area (Å²) >= 11 is 0. The topological polar surface area (TPSA) is 3.24 Å². The third-order valence-electron chi connectivity index (χ3n) is 1.88. The second kappa shape index (κ2) is 10.5. The lowest BCUT2D eigenvalue weighted by atomic mass is 10.3. The van der Waals surface area contributed by atoms with Gasteiger partial charge in [-0.15, -0.1) is 0 Å². The van der Waals surface area contributed by atoms with E-state index in [1.807, 2.05) is 31.4 Å². The highest BCUT2D eigenvalue weighted by atomic mass is 33.5. The van der Waals surface area contributed by atoms with Crippen LogP contribution in [0, 0.1) is 5.92 Å². The lowest BCUT2D eigenvalue weighted by molar-refractivity contribution is 0.324. The zero-order valence-electron chi connectivity index (χ0n) is 9.78. The van der Waals surface area contributed by atoms with Crippen molar-refractivity contribution in [1.29, 1.82) is 0 Å². The van der Waals surface area contributed by atoms with E-state index in [0.717, 1.165) is 5.92 Å². The van der Waals surface area contributed by atoms with Crippen LogP contribution in [0.1, 0.15) is 27.7 Å². The van der Waals surface area contributed by atoms with Crippen molar-refractivity contribution in [3.63, 3.8) is 0 Å². The van der Waals surface area contributed by atoms with Crippen LogP contribution < -0.4 is 0 Å². The highest BCUT2D eigenvalue weighted by Gasteiger charge is 1.99. The first kappa shape index (κ1) is 15.0.